The summed E-state index contributed by atoms with van der Waals surface area (Å²) in [7, 11) is 0. The monoisotopic (exact) mass is 368 g/mol. The number of nitrogens with zero attached hydrogens (tertiary/aromatic N) is 1. The van der Waals surface area contributed by atoms with Gasteiger partial charge in [0.25, 0.3) is 0 Å². The van der Waals surface area contributed by atoms with Crippen molar-refractivity contribution in [3.63, 3.8) is 0 Å². The van der Waals surface area contributed by atoms with Crippen molar-refractivity contribution >= 4 is 24.3 Å². The molecule has 0 aromatic heterocycles. The van der Waals surface area contributed by atoms with E-state index in [9.17, 15) is 9.59 Å². The van der Waals surface area contributed by atoms with Gasteiger partial charge in [0, 0.05) is 25.7 Å². The van der Waals surface area contributed by atoms with Crippen LogP contribution in [0.2, 0.25) is 0 Å². The Balaban J connectivity index is 0.00000312. The number of hydrogen-bond acceptors (Lipinski definition) is 3. The Morgan fingerprint density at radius 3 is 2.40 bits per heavy atom. The Morgan fingerprint density at radius 1 is 1.24 bits per heavy atom. The fraction of sp³-hybridized carbons (Fsp3) is 0.556. The quantitative estimate of drug-likeness (QED) is 0.741. The van der Waals surface area contributed by atoms with Gasteiger partial charge in [-0.05, 0) is 29.9 Å². The van der Waals surface area contributed by atoms with E-state index >= 15 is 0 Å². The van der Waals surface area contributed by atoms with E-state index in [1.54, 1.807) is 0 Å². The van der Waals surface area contributed by atoms with Gasteiger partial charge in [0.2, 0.25) is 5.91 Å². The summed E-state index contributed by atoms with van der Waals surface area (Å²) in [5.41, 5.74) is 13.7. The zero-order valence-electron chi connectivity index (χ0n) is 14.9. The maximum Gasteiger partial charge on any atom is 0.314 e. The molecule has 6 nitrogen and oxygen atoms in total. The van der Waals surface area contributed by atoms with Gasteiger partial charge >= 0.3 is 6.03 Å². The number of halogens is 1. The molecule has 3 amide bonds. The molecule has 1 fully saturated rings. The highest BCUT2D eigenvalue weighted by molar-refractivity contribution is 5.85. The minimum Gasteiger partial charge on any atom is -0.354 e. The second-order valence-corrected chi connectivity index (χ2v) is 6.80. The zero-order valence-corrected chi connectivity index (χ0v) is 15.7. The number of likely N-dealkylation sites (tertiary alicyclic amines) is 1. The van der Waals surface area contributed by atoms with Crippen molar-refractivity contribution in [2.75, 3.05) is 19.6 Å². The number of hydrogen-bond donors (Lipinski definition) is 3. The van der Waals surface area contributed by atoms with E-state index in [2.05, 4.69) is 31.3 Å². The minimum absolute atomic E-state index is 0. The van der Waals surface area contributed by atoms with Crippen molar-refractivity contribution in [2.45, 2.75) is 38.6 Å². The Bertz CT molecular complexity index is 577. The fourth-order valence-corrected chi connectivity index (χ4v) is 2.99. The van der Waals surface area contributed by atoms with Gasteiger partial charge in [-0.1, -0.05) is 38.1 Å². The van der Waals surface area contributed by atoms with Crippen LogP contribution in [-0.2, 0) is 4.79 Å². The number of nitrogens with two attached hydrogens (primary N) is 2. The molecule has 0 aliphatic carbocycles. The van der Waals surface area contributed by atoms with Crippen LogP contribution in [0, 0.1) is 5.92 Å². The standard InChI is InChI=1S/C18H28N4O2.ClH/c1-12(2)13-5-7-14(8-6-13)16(19)10-21-17(23)15-4-3-9-22(11-15)18(20)24;/h5-8,12,15-16H,3-4,9-11,19H2,1-2H3,(H2,20,24)(H,21,23);1H. The summed E-state index contributed by atoms with van der Waals surface area (Å²) in [4.78, 5) is 25.1. The lowest BCUT2D eigenvalue weighted by Gasteiger charge is -2.30. The van der Waals surface area contributed by atoms with E-state index in [0.29, 0.717) is 25.6 Å². The van der Waals surface area contributed by atoms with Gasteiger partial charge in [-0.3, -0.25) is 4.79 Å². The van der Waals surface area contributed by atoms with Crippen LogP contribution in [0.4, 0.5) is 4.79 Å². The van der Waals surface area contributed by atoms with Crippen molar-refractivity contribution in [3.8, 4) is 0 Å². The van der Waals surface area contributed by atoms with Crippen LogP contribution in [0.15, 0.2) is 24.3 Å². The van der Waals surface area contributed by atoms with E-state index < -0.39 is 6.03 Å². The highest BCUT2D eigenvalue weighted by atomic mass is 35.5. The smallest absolute Gasteiger partial charge is 0.314 e. The van der Waals surface area contributed by atoms with Gasteiger partial charge < -0.3 is 21.7 Å². The van der Waals surface area contributed by atoms with Crippen molar-refractivity contribution < 1.29 is 9.59 Å². The van der Waals surface area contributed by atoms with Gasteiger partial charge in [0.1, 0.15) is 0 Å². The zero-order chi connectivity index (χ0) is 17.7. The van der Waals surface area contributed by atoms with Gasteiger partial charge in [-0.25, -0.2) is 4.79 Å². The molecular formula is C18H29ClN4O2. The normalized spacial score (nSPS) is 18.4. The first-order valence-electron chi connectivity index (χ1n) is 8.56. The Kier molecular flexibility index (Phi) is 8.19. The lowest BCUT2D eigenvalue weighted by Crippen LogP contribution is -2.48. The number of benzene rings is 1. The molecule has 5 N–H and O–H groups in total. The van der Waals surface area contributed by atoms with Crippen molar-refractivity contribution in [2.24, 2.45) is 17.4 Å². The van der Waals surface area contributed by atoms with Crippen LogP contribution in [-0.4, -0.2) is 36.5 Å². The van der Waals surface area contributed by atoms with Crippen LogP contribution in [0.3, 0.4) is 0 Å². The number of nitrogens with one attached hydrogen (secondary N) is 1. The van der Waals surface area contributed by atoms with Crippen LogP contribution < -0.4 is 16.8 Å². The highest BCUT2D eigenvalue weighted by Crippen LogP contribution is 2.19. The molecule has 0 spiro atoms. The summed E-state index contributed by atoms with van der Waals surface area (Å²) in [6, 6.07) is 7.48. The number of amides is 3. The first kappa shape index (κ1) is 21.3. The molecule has 1 aromatic carbocycles. The third-order valence-electron chi connectivity index (χ3n) is 4.63. The third-order valence-corrected chi connectivity index (χ3v) is 4.63. The molecule has 0 bridgehead atoms. The first-order chi connectivity index (χ1) is 11.4. The van der Waals surface area contributed by atoms with Gasteiger partial charge in [0.15, 0.2) is 0 Å². The van der Waals surface area contributed by atoms with Crippen molar-refractivity contribution in [3.05, 3.63) is 35.4 Å². The molecule has 2 atom stereocenters. The number of carbonyl (C=O) groups excluding carboxylic acids is 2. The highest BCUT2D eigenvalue weighted by Gasteiger charge is 2.27. The number of carbonyl (C=O) groups is 2. The maximum absolute atomic E-state index is 12.3. The number of piperidine rings is 1. The van der Waals surface area contributed by atoms with E-state index in [4.69, 9.17) is 11.5 Å². The summed E-state index contributed by atoms with van der Waals surface area (Å²) < 4.78 is 0. The molecular weight excluding hydrogens is 340 g/mol. The van der Waals surface area contributed by atoms with Crippen molar-refractivity contribution in [1.29, 1.82) is 0 Å². The SMILES string of the molecule is CC(C)c1ccc(C(N)CNC(=O)C2CCCN(C(N)=O)C2)cc1.Cl. The van der Waals surface area contributed by atoms with E-state index in [-0.39, 0.29) is 30.3 Å². The topological polar surface area (TPSA) is 101 Å². The molecule has 7 heteroatoms. The number of rotatable bonds is 5. The molecule has 1 aliphatic heterocycles. The third kappa shape index (κ3) is 5.90. The molecule has 2 rings (SSSR count). The molecule has 1 saturated heterocycles. The van der Waals surface area contributed by atoms with E-state index in [1.807, 2.05) is 12.1 Å². The molecule has 2 unspecified atom stereocenters. The van der Waals surface area contributed by atoms with Crippen molar-refractivity contribution in [1.82, 2.24) is 10.2 Å². The lowest BCUT2D eigenvalue weighted by atomic mass is 9.96. The molecule has 1 aliphatic rings. The molecule has 140 valence electrons. The summed E-state index contributed by atoms with van der Waals surface area (Å²) in [5, 5.41) is 2.90. The fourth-order valence-electron chi connectivity index (χ4n) is 2.99. The molecule has 1 heterocycles. The largest absolute Gasteiger partial charge is 0.354 e. The summed E-state index contributed by atoms with van der Waals surface area (Å²) in [6.07, 6.45) is 1.57. The average molecular weight is 369 g/mol. The van der Waals surface area contributed by atoms with Crippen LogP contribution in [0.25, 0.3) is 0 Å². The Labute approximate surface area is 155 Å². The Hall–Kier alpha value is -1.79. The predicted octanol–water partition coefficient (Wildman–Crippen LogP) is 2.14. The Morgan fingerprint density at radius 2 is 1.84 bits per heavy atom. The second kappa shape index (κ2) is 9.63. The van der Waals surface area contributed by atoms with Crippen LogP contribution >= 0.6 is 12.4 Å². The van der Waals surface area contributed by atoms with E-state index in [1.165, 1.54) is 10.5 Å². The molecule has 25 heavy (non-hydrogen) atoms. The second-order valence-electron chi connectivity index (χ2n) is 6.80. The summed E-state index contributed by atoms with van der Waals surface area (Å²) in [6.45, 7) is 5.69. The minimum atomic E-state index is -0.463. The lowest BCUT2D eigenvalue weighted by molar-refractivity contribution is -0.126. The van der Waals surface area contributed by atoms with E-state index in [0.717, 1.165) is 18.4 Å². The van der Waals surface area contributed by atoms with Crippen LogP contribution in [0.1, 0.15) is 49.8 Å². The molecule has 0 saturated carbocycles. The molecule has 0 radical (unpaired) electrons. The van der Waals surface area contributed by atoms with Gasteiger partial charge in [-0.2, -0.15) is 0 Å². The predicted molar refractivity (Wildman–Crippen MR) is 102 cm³/mol. The average Bonchev–Trinajstić information content (AvgIpc) is 2.59. The van der Waals surface area contributed by atoms with Crippen LogP contribution in [0.5, 0.6) is 0 Å². The maximum atomic E-state index is 12.3. The van der Waals surface area contributed by atoms with Gasteiger partial charge in [-0.15, -0.1) is 12.4 Å². The number of primary amides is 1. The van der Waals surface area contributed by atoms with Gasteiger partial charge in [0.05, 0.1) is 5.92 Å². The summed E-state index contributed by atoms with van der Waals surface area (Å²) >= 11 is 0. The first-order valence-corrected chi connectivity index (χ1v) is 8.56. The summed E-state index contributed by atoms with van der Waals surface area (Å²) in [5.74, 6) is 0.214. The molecule has 1 aromatic rings. The number of urea groups is 1.